The highest BCUT2D eigenvalue weighted by molar-refractivity contribution is 5.68. The molecule has 2 aromatic rings. The average molecular weight is 414 g/mol. The fourth-order valence-electron chi connectivity index (χ4n) is 4.44. The van der Waals surface area contributed by atoms with Crippen LogP contribution in [-0.4, -0.2) is 22.8 Å². The second-order valence-corrected chi connectivity index (χ2v) is 8.95. The fraction of sp³-hybridized carbons (Fsp3) is 0.600. The minimum absolute atomic E-state index is 0.0916. The molecular weight excluding hydrogens is 378 g/mol. The van der Waals surface area contributed by atoms with Gasteiger partial charge in [-0.05, 0) is 50.0 Å². The highest BCUT2D eigenvalue weighted by Crippen LogP contribution is 2.40. The molecule has 2 atom stereocenters. The van der Waals surface area contributed by atoms with Crippen molar-refractivity contribution < 1.29 is 19.2 Å². The second-order valence-electron chi connectivity index (χ2n) is 8.95. The molecular formula is C25H35NO4. The van der Waals surface area contributed by atoms with E-state index in [0.29, 0.717) is 25.0 Å². The maximum Gasteiger partial charge on any atom is 0.304 e. The Morgan fingerprint density at radius 3 is 2.80 bits per heavy atom. The van der Waals surface area contributed by atoms with Gasteiger partial charge >= 0.3 is 5.97 Å². The van der Waals surface area contributed by atoms with Crippen molar-refractivity contribution in [2.24, 2.45) is 5.92 Å². The zero-order valence-corrected chi connectivity index (χ0v) is 18.3. The van der Waals surface area contributed by atoms with E-state index in [9.17, 15) is 9.90 Å². The summed E-state index contributed by atoms with van der Waals surface area (Å²) in [5.41, 5.74) is 3.22. The molecule has 1 N–H and O–H groups in total. The summed E-state index contributed by atoms with van der Waals surface area (Å²) >= 11 is 0. The van der Waals surface area contributed by atoms with E-state index in [1.54, 1.807) is 0 Å². The lowest BCUT2D eigenvalue weighted by Crippen LogP contribution is -2.13. The third-order valence-electron chi connectivity index (χ3n) is 6.05. The van der Waals surface area contributed by atoms with Crippen molar-refractivity contribution in [3.05, 3.63) is 52.9 Å². The zero-order valence-electron chi connectivity index (χ0n) is 18.3. The molecule has 1 aliphatic rings. The number of carboxylic acids is 1. The number of nitrogens with zero attached hydrogens (tertiary/aromatic N) is 1. The number of hydrogen-bond donors (Lipinski definition) is 1. The predicted octanol–water partition coefficient (Wildman–Crippen LogP) is 6.09. The highest BCUT2D eigenvalue weighted by Gasteiger charge is 2.31. The normalized spacial score (nSPS) is 17.1. The molecule has 5 heteroatoms. The molecule has 0 saturated carbocycles. The van der Waals surface area contributed by atoms with Crippen molar-refractivity contribution >= 4 is 5.97 Å². The Bertz CT molecular complexity index is 784. The monoisotopic (exact) mass is 413 g/mol. The molecule has 30 heavy (non-hydrogen) atoms. The standard InChI is InChI=1S/C25H35NO4/c1-18(2)13-14-20-10-6-12-22-24(26-30-25(20)22)21(16-23(27)28)11-7-15-29-17-19-8-4-3-5-9-19/h3-5,8-9,18,20-21H,6-7,10-17H2,1-2H3,(H,27,28). The zero-order chi connectivity index (χ0) is 21.3. The van der Waals surface area contributed by atoms with E-state index in [0.717, 1.165) is 55.5 Å². The molecule has 1 aromatic heterocycles. The van der Waals surface area contributed by atoms with Crippen molar-refractivity contribution in [3.8, 4) is 0 Å². The van der Waals surface area contributed by atoms with E-state index >= 15 is 0 Å². The second kappa shape index (κ2) is 11.3. The number of fused-ring (bicyclic) bond motifs is 1. The molecule has 3 rings (SSSR count). The smallest absolute Gasteiger partial charge is 0.304 e. The Hall–Kier alpha value is -2.14. The van der Waals surface area contributed by atoms with E-state index in [1.807, 2.05) is 30.3 Å². The average Bonchev–Trinajstić information content (AvgIpc) is 3.16. The largest absolute Gasteiger partial charge is 0.481 e. The van der Waals surface area contributed by atoms with Gasteiger partial charge in [0, 0.05) is 24.0 Å². The van der Waals surface area contributed by atoms with E-state index in [-0.39, 0.29) is 12.3 Å². The number of hydrogen-bond acceptors (Lipinski definition) is 4. The summed E-state index contributed by atoms with van der Waals surface area (Å²) in [6.07, 6.45) is 7.17. The van der Waals surface area contributed by atoms with Crippen LogP contribution in [0, 0.1) is 5.92 Å². The third-order valence-corrected chi connectivity index (χ3v) is 6.05. The third kappa shape index (κ3) is 6.43. The number of carboxylic acid groups (broad SMARTS) is 1. The van der Waals surface area contributed by atoms with Gasteiger partial charge in [-0.15, -0.1) is 0 Å². The highest BCUT2D eigenvalue weighted by atomic mass is 16.5. The van der Waals surface area contributed by atoms with E-state index in [2.05, 4.69) is 19.0 Å². The van der Waals surface area contributed by atoms with Gasteiger partial charge in [0.05, 0.1) is 18.7 Å². The van der Waals surface area contributed by atoms with Crippen LogP contribution in [-0.2, 0) is 22.6 Å². The molecule has 164 valence electrons. The van der Waals surface area contributed by atoms with Gasteiger partial charge in [-0.3, -0.25) is 4.79 Å². The first-order valence-corrected chi connectivity index (χ1v) is 11.4. The Morgan fingerprint density at radius 1 is 1.27 bits per heavy atom. The molecule has 2 unspecified atom stereocenters. The van der Waals surface area contributed by atoms with Crippen LogP contribution in [0.25, 0.3) is 0 Å². The van der Waals surface area contributed by atoms with Crippen LogP contribution in [0.3, 0.4) is 0 Å². The minimum atomic E-state index is -0.783. The van der Waals surface area contributed by atoms with Gasteiger partial charge < -0.3 is 14.4 Å². The first-order chi connectivity index (χ1) is 14.5. The Balaban J connectivity index is 1.59. The Kier molecular flexibility index (Phi) is 8.50. The summed E-state index contributed by atoms with van der Waals surface area (Å²) in [5, 5.41) is 13.8. The maximum atomic E-state index is 11.5. The summed E-state index contributed by atoms with van der Waals surface area (Å²) in [6, 6.07) is 10.1. The van der Waals surface area contributed by atoms with Gasteiger partial charge in [0.25, 0.3) is 0 Å². The van der Waals surface area contributed by atoms with Crippen molar-refractivity contribution in [1.82, 2.24) is 5.16 Å². The fourth-order valence-corrected chi connectivity index (χ4v) is 4.44. The van der Waals surface area contributed by atoms with Crippen LogP contribution in [0.15, 0.2) is 34.9 Å². The van der Waals surface area contributed by atoms with Crippen LogP contribution >= 0.6 is 0 Å². The van der Waals surface area contributed by atoms with Crippen LogP contribution in [0.1, 0.15) is 93.2 Å². The van der Waals surface area contributed by atoms with Crippen molar-refractivity contribution in [3.63, 3.8) is 0 Å². The number of benzene rings is 1. The van der Waals surface area contributed by atoms with Gasteiger partial charge in [0.2, 0.25) is 0 Å². The molecule has 1 aliphatic carbocycles. The summed E-state index contributed by atoms with van der Waals surface area (Å²) < 4.78 is 11.6. The van der Waals surface area contributed by atoms with Gasteiger partial charge in [-0.2, -0.15) is 0 Å². The van der Waals surface area contributed by atoms with Crippen molar-refractivity contribution in [1.29, 1.82) is 0 Å². The quantitative estimate of drug-likeness (QED) is 0.427. The molecule has 0 spiro atoms. The minimum Gasteiger partial charge on any atom is -0.481 e. The van der Waals surface area contributed by atoms with Crippen LogP contribution in [0.2, 0.25) is 0 Å². The van der Waals surface area contributed by atoms with E-state index in [1.165, 1.54) is 12.0 Å². The van der Waals surface area contributed by atoms with Gasteiger partial charge in [0.15, 0.2) is 0 Å². The summed E-state index contributed by atoms with van der Waals surface area (Å²) in [6.45, 7) is 5.69. The number of carbonyl (C=O) groups is 1. The molecule has 1 aromatic carbocycles. The molecule has 0 amide bonds. The lowest BCUT2D eigenvalue weighted by molar-refractivity contribution is -0.137. The SMILES string of the molecule is CC(C)CCC1CCCc2c(C(CCCOCc3ccccc3)CC(=O)O)noc21. The van der Waals surface area contributed by atoms with Crippen molar-refractivity contribution in [2.45, 2.75) is 83.7 Å². The summed E-state index contributed by atoms with van der Waals surface area (Å²) in [7, 11) is 0. The molecule has 5 nitrogen and oxygen atoms in total. The lowest BCUT2D eigenvalue weighted by atomic mass is 9.81. The van der Waals surface area contributed by atoms with E-state index < -0.39 is 5.97 Å². The molecule has 0 aliphatic heterocycles. The topological polar surface area (TPSA) is 72.6 Å². The summed E-state index contributed by atoms with van der Waals surface area (Å²) in [4.78, 5) is 11.5. The molecule has 0 bridgehead atoms. The summed E-state index contributed by atoms with van der Waals surface area (Å²) in [5.74, 6) is 1.23. The molecule has 0 radical (unpaired) electrons. The van der Waals surface area contributed by atoms with Gasteiger partial charge in [0.1, 0.15) is 5.76 Å². The number of aliphatic carboxylic acids is 1. The Morgan fingerprint density at radius 2 is 2.07 bits per heavy atom. The first kappa shape index (κ1) is 22.5. The first-order valence-electron chi connectivity index (χ1n) is 11.4. The van der Waals surface area contributed by atoms with Crippen LogP contribution in [0.5, 0.6) is 0 Å². The Labute approximate surface area is 179 Å². The predicted molar refractivity (Wildman–Crippen MR) is 117 cm³/mol. The number of aromatic nitrogens is 1. The number of ether oxygens (including phenoxy) is 1. The maximum absolute atomic E-state index is 11.5. The van der Waals surface area contributed by atoms with Gasteiger partial charge in [-0.1, -0.05) is 55.8 Å². The van der Waals surface area contributed by atoms with Crippen molar-refractivity contribution in [2.75, 3.05) is 6.61 Å². The van der Waals surface area contributed by atoms with Gasteiger partial charge in [-0.25, -0.2) is 0 Å². The molecule has 1 heterocycles. The van der Waals surface area contributed by atoms with Crippen LogP contribution in [0.4, 0.5) is 0 Å². The molecule has 0 saturated heterocycles. The molecule has 0 fully saturated rings. The van der Waals surface area contributed by atoms with E-state index in [4.69, 9.17) is 9.26 Å². The van der Waals surface area contributed by atoms with Crippen LogP contribution < -0.4 is 0 Å². The lowest BCUT2D eigenvalue weighted by Gasteiger charge is -2.22. The number of rotatable bonds is 12.